The van der Waals surface area contributed by atoms with Crippen molar-refractivity contribution in [1.82, 2.24) is 5.29 Å². The van der Waals surface area contributed by atoms with E-state index in [1.807, 2.05) is 0 Å². The number of ether oxygens (including phenoxy) is 1. The summed E-state index contributed by atoms with van der Waals surface area (Å²) in [7, 11) is 0. The highest BCUT2D eigenvalue weighted by Gasteiger charge is 2.20. The van der Waals surface area contributed by atoms with Crippen LogP contribution in [0.3, 0.4) is 0 Å². The number of nitrogens with zero attached hydrogens (tertiary/aromatic N) is 1. The molecule has 1 amide bonds. The zero-order valence-corrected chi connectivity index (χ0v) is 7.24. The molecular weight excluding hydrogens is 177 g/mol. The van der Waals surface area contributed by atoms with Gasteiger partial charge in [-0.25, -0.2) is 4.84 Å². The largest absolute Gasteiger partial charge is 0.350 e. The van der Waals surface area contributed by atoms with Crippen LogP contribution in [0.4, 0.5) is 4.48 Å². The average Bonchev–Trinajstić information content (AvgIpc) is 2.18. The van der Waals surface area contributed by atoms with E-state index in [4.69, 9.17) is 4.74 Å². The molecule has 0 aromatic carbocycles. The van der Waals surface area contributed by atoms with E-state index >= 15 is 0 Å². The lowest BCUT2D eigenvalue weighted by molar-refractivity contribution is -0.339. The van der Waals surface area contributed by atoms with Gasteiger partial charge in [0.2, 0.25) is 0 Å². The molecule has 0 aliphatic carbocycles. The van der Waals surface area contributed by atoms with Crippen molar-refractivity contribution in [2.45, 2.75) is 25.6 Å². The molecule has 4 nitrogen and oxygen atoms in total. The summed E-state index contributed by atoms with van der Waals surface area (Å²) in [6.07, 6.45) is 2.65. The van der Waals surface area contributed by atoms with Gasteiger partial charge < -0.3 is 4.74 Å². The minimum absolute atomic E-state index is 0.344. The maximum absolute atomic E-state index is 12.7. The summed E-state index contributed by atoms with van der Waals surface area (Å²) < 4.78 is 17.7. The van der Waals surface area contributed by atoms with E-state index in [-0.39, 0.29) is 5.29 Å². The van der Waals surface area contributed by atoms with Crippen molar-refractivity contribution in [3.05, 3.63) is 12.7 Å². The van der Waals surface area contributed by atoms with Gasteiger partial charge in [-0.3, -0.25) is 4.79 Å². The molecule has 0 aromatic heterocycles. The van der Waals surface area contributed by atoms with E-state index in [2.05, 4.69) is 11.4 Å². The summed E-state index contributed by atoms with van der Waals surface area (Å²) in [4.78, 5) is 15.2. The molecule has 0 spiro atoms. The number of rotatable bonds is 3. The number of hydrogen-bond donors (Lipinski definition) is 0. The number of hydroxylamine groups is 1. The maximum atomic E-state index is 12.7. The first kappa shape index (κ1) is 10.1. The number of hydrogen-bond acceptors (Lipinski definition) is 3. The second-order valence-corrected chi connectivity index (χ2v) is 2.69. The second kappa shape index (κ2) is 4.94. The Hall–Kier alpha value is -0.940. The Morgan fingerprint density at radius 1 is 1.69 bits per heavy atom. The van der Waals surface area contributed by atoms with E-state index in [1.165, 1.54) is 0 Å². The average molecular weight is 189 g/mol. The normalized spacial score (nSPS) is 22.4. The molecule has 1 rings (SSSR count). The SMILES string of the molecule is C=CC(=O)N(F)OC1CCCCO1. The van der Waals surface area contributed by atoms with Gasteiger partial charge in [0, 0.05) is 19.1 Å². The number of carbonyl (C=O) groups is 1. The lowest BCUT2D eigenvalue weighted by Crippen LogP contribution is -2.31. The lowest BCUT2D eigenvalue weighted by atomic mass is 10.2. The van der Waals surface area contributed by atoms with E-state index < -0.39 is 12.2 Å². The van der Waals surface area contributed by atoms with Gasteiger partial charge in [-0.1, -0.05) is 11.1 Å². The van der Waals surface area contributed by atoms with E-state index in [1.54, 1.807) is 0 Å². The van der Waals surface area contributed by atoms with Gasteiger partial charge in [0.15, 0.2) is 6.29 Å². The second-order valence-electron chi connectivity index (χ2n) is 2.69. The van der Waals surface area contributed by atoms with Crippen LogP contribution >= 0.6 is 0 Å². The predicted molar refractivity (Wildman–Crippen MR) is 42.8 cm³/mol. The van der Waals surface area contributed by atoms with Crippen LogP contribution in [-0.2, 0) is 14.4 Å². The molecule has 13 heavy (non-hydrogen) atoms. The van der Waals surface area contributed by atoms with Gasteiger partial charge in [0.05, 0.1) is 0 Å². The van der Waals surface area contributed by atoms with Gasteiger partial charge in [-0.15, -0.1) is 0 Å². The zero-order valence-electron chi connectivity index (χ0n) is 7.24. The Labute approximate surface area is 75.8 Å². The lowest BCUT2D eigenvalue weighted by Gasteiger charge is -2.23. The van der Waals surface area contributed by atoms with Crippen molar-refractivity contribution in [3.8, 4) is 0 Å². The molecule has 1 aliphatic heterocycles. The Morgan fingerprint density at radius 3 is 3.00 bits per heavy atom. The summed E-state index contributed by atoms with van der Waals surface area (Å²) >= 11 is 0. The van der Waals surface area contributed by atoms with E-state index in [0.29, 0.717) is 13.0 Å². The smallest absolute Gasteiger partial charge is 0.301 e. The summed E-state index contributed by atoms with van der Waals surface area (Å²) in [6, 6.07) is 0. The quantitative estimate of drug-likeness (QED) is 0.382. The van der Waals surface area contributed by atoms with Crippen LogP contribution in [0.5, 0.6) is 0 Å². The third kappa shape index (κ3) is 3.12. The van der Waals surface area contributed by atoms with Gasteiger partial charge in [0.25, 0.3) is 0 Å². The molecule has 1 fully saturated rings. The van der Waals surface area contributed by atoms with E-state index in [9.17, 15) is 9.28 Å². The van der Waals surface area contributed by atoms with Crippen LogP contribution in [0.1, 0.15) is 19.3 Å². The van der Waals surface area contributed by atoms with Crippen molar-refractivity contribution in [3.63, 3.8) is 0 Å². The van der Waals surface area contributed by atoms with Crippen molar-refractivity contribution in [1.29, 1.82) is 0 Å². The highest BCUT2D eigenvalue weighted by molar-refractivity contribution is 5.85. The van der Waals surface area contributed by atoms with Crippen LogP contribution in [-0.4, -0.2) is 24.1 Å². The number of halogens is 1. The first-order valence-electron chi connectivity index (χ1n) is 4.14. The molecule has 1 saturated heterocycles. The molecular formula is C8H12FNO3. The summed E-state index contributed by atoms with van der Waals surface area (Å²) in [5, 5.41) is -0.344. The molecule has 0 bridgehead atoms. The summed E-state index contributed by atoms with van der Waals surface area (Å²) in [6.45, 7) is 3.67. The first-order chi connectivity index (χ1) is 6.24. The molecule has 5 heteroatoms. The molecule has 1 atom stereocenters. The van der Waals surface area contributed by atoms with Crippen LogP contribution in [0.25, 0.3) is 0 Å². The molecule has 1 unspecified atom stereocenters. The van der Waals surface area contributed by atoms with Crippen LogP contribution in [0, 0.1) is 0 Å². The molecule has 0 aromatic rings. The molecule has 0 radical (unpaired) electrons. The van der Waals surface area contributed by atoms with E-state index in [0.717, 1.165) is 18.9 Å². The molecule has 74 valence electrons. The minimum Gasteiger partial charge on any atom is -0.350 e. The molecule has 0 saturated carbocycles. The third-order valence-corrected chi connectivity index (χ3v) is 1.70. The fourth-order valence-corrected chi connectivity index (χ4v) is 1.02. The zero-order chi connectivity index (χ0) is 9.68. The van der Waals surface area contributed by atoms with Crippen molar-refractivity contribution < 1.29 is 18.9 Å². The minimum atomic E-state index is -0.922. The Balaban J connectivity index is 2.29. The fraction of sp³-hybridized carbons (Fsp3) is 0.625. The predicted octanol–water partition coefficient (Wildman–Crippen LogP) is 1.34. The van der Waals surface area contributed by atoms with Crippen LogP contribution in [0.2, 0.25) is 0 Å². The standard InChI is InChI=1S/C8H12FNO3/c1-2-7(11)10(9)13-8-5-3-4-6-12-8/h2,8H,1,3-6H2. The molecule has 0 N–H and O–H groups in total. The van der Waals surface area contributed by atoms with Crippen LogP contribution in [0.15, 0.2) is 12.7 Å². The van der Waals surface area contributed by atoms with Gasteiger partial charge >= 0.3 is 5.91 Å². The first-order valence-corrected chi connectivity index (χ1v) is 4.14. The number of amides is 1. The highest BCUT2D eigenvalue weighted by Crippen LogP contribution is 2.15. The van der Waals surface area contributed by atoms with Crippen molar-refractivity contribution >= 4 is 5.91 Å². The monoisotopic (exact) mass is 189 g/mol. The third-order valence-electron chi connectivity index (χ3n) is 1.70. The Kier molecular flexibility index (Phi) is 3.85. The highest BCUT2D eigenvalue weighted by atomic mass is 19.2. The molecule has 1 heterocycles. The van der Waals surface area contributed by atoms with Gasteiger partial charge in [0.1, 0.15) is 0 Å². The van der Waals surface area contributed by atoms with Crippen molar-refractivity contribution in [2.24, 2.45) is 0 Å². The Morgan fingerprint density at radius 2 is 2.46 bits per heavy atom. The van der Waals surface area contributed by atoms with Gasteiger partial charge in [-0.05, 0) is 18.1 Å². The van der Waals surface area contributed by atoms with Gasteiger partial charge in [-0.2, -0.15) is 0 Å². The summed E-state index contributed by atoms with van der Waals surface area (Å²) in [5.41, 5.74) is 0. The maximum Gasteiger partial charge on any atom is 0.301 e. The number of carbonyl (C=O) groups excluding carboxylic acids is 1. The van der Waals surface area contributed by atoms with Crippen molar-refractivity contribution in [2.75, 3.05) is 6.61 Å². The molecule has 1 aliphatic rings. The summed E-state index contributed by atoms with van der Waals surface area (Å²) in [5.74, 6) is -0.922. The topological polar surface area (TPSA) is 38.8 Å². The van der Waals surface area contributed by atoms with Crippen LogP contribution < -0.4 is 0 Å². The Bertz CT molecular complexity index is 192. The fourth-order valence-electron chi connectivity index (χ4n) is 1.02.